The first-order valence-corrected chi connectivity index (χ1v) is 37.3. The molecule has 7 aliphatic rings. The molecule has 7 saturated heterocycles. The number of ether oxygens (including phenoxy) is 8. The van der Waals surface area contributed by atoms with Crippen molar-refractivity contribution in [1.82, 2.24) is 5.32 Å². The van der Waals surface area contributed by atoms with Gasteiger partial charge in [-0.05, 0) is 44.3 Å². The van der Waals surface area contributed by atoms with E-state index in [0.717, 1.165) is 0 Å². The number of nitrogens with one attached hydrogen (secondary N) is 1. The number of carbonyl (C=O) groups is 1. The number of rotatable bonds is 9. The molecule has 0 saturated carbocycles. The average molecular weight is 1590 g/mol. The largest absolute Gasteiger partial charge is 0.394 e. The van der Waals surface area contributed by atoms with Gasteiger partial charge in [0.2, 0.25) is 5.91 Å². The van der Waals surface area contributed by atoms with Gasteiger partial charge < -0.3 is 171 Å². The SMILES string of the molecule is CC(=O)NC1[C@@H](O)[C@H](O)C(CO)O[C@H]1C(C)(C)C.CC(C)(C)CC1OC(O)C(O)[C@@H](O)[C@@H]1O.CC(C)(C)[C@@H]1OC(CO)[C@H](O)[C@H](O)C1O.CC(C)(C)[C@H]1OC(CO)[C@@H](O)[C@H](O)C1O.CC(C)(C)[C@H]1OC(CO)[C@H](O)[C@H](O)C1O.CC1[C@@H](O)[C@H](O)C(CO)O[C@@H]1C(C)(C)C.CO[C@H]1OC(CO)[C@@H](O)[C@H](O)C1C(C)(C)C. The van der Waals surface area contributed by atoms with Crippen LogP contribution < -0.4 is 5.32 Å². The van der Waals surface area contributed by atoms with E-state index in [0.29, 0.717) is 6.42 Å². The Bertz CT molecular complexity index is 2330. The van der Waals surface area contributed by atoms with Crippen molar-refractivity contribution in [2.45, 2.75) is 367 Å². The summed E-state index contributed by atoms with van der Waals surface area (Å²) >= 11 is 0. The van der Waals surface area contributed by atoms with Crippen LogP contribution in [0.3, 0.4) is 0 Å². The first kappa shape index (κ1) is 105. The highest BCUT2D eigenvalue weighted by Crippen LogP contribution is 2.42. The topological polar surface area (TPSA) is 609 Å². The predicted octanol–water partition coefficient (Wildman–Crippen LogP) is -5.25. The third-order valence-corrected chi connectivity index (χ3v) is 20.1. The minimum atomic E-state index is -1.45. The molecule has 0 bridgehead atoms. The van der Waals surface area contributed by atoms with Crippen molar-refractivity contribution in [2.75, 3.05) is 46.8 Å². The quantitative estimate of drug-likeness (QED) is 0.103. The zero-order chi connectivity index (χ0) is 85.6. The van der Waals surface area contributed by atoms with Crippen LogP contribution in [0, 0.1) is 49.7 Å². The molecule has 652 valence electrons. The number of aliphatic hydroxyl groups excluding tert-OH is 25. The Morgan fingerprint density at radius 1 is 0.303 bits per heavy atom. The van der Waals surface area contributed by atoms with Crippen molar-refractivity contribution in [1.29, 1.82) is 0 Å². The normalized spacial score (nSPS) is 41.8. The van der Waals surface area contributed by atoms with Crippen LogP contribution in [0.1, 0.15) is 166 Å². The molecule has 0 aromatic rings. The van der Waals surface area contributed by atoms with Crippen LogP contribution in [0.2, 0.25) is 0 Å². The molecule has 0 aliphatic carbocycles. The number of methoxy groups -OCH3 is 1. The number of carbonyl (C=O) groups excluding carboxylic acids is 1. The molecule has 0 radical (unpaired) electrons. The van der Waals surface area contributed by atoms with Gasteiger partial charge in [0.15, 0.2) is 12.6 Å². The molecule has 0 spiro atoms. The summed E-state index contributed by atoms with van der Waals surface area (Å²) in [5.41, 5.74) is -1.92. The Labute approximate surface area is 643 Å². The summed E-state index contributed by atoms with van der Waals surface area (Å²) in [7, 11) is 1.49. The highest BCUT2D eigenvalue weighted by Gasteiger charge is 2.54. The average Bonchev–Trinajstić information content (AvgIpc) is 0.804. The van der Waals surface area contributed by atoms with E-state index in [1.54, 1.807) is 0 Å². The second kappa shape index (κ2) is 43.6. The standard InChI is InChI=1S/C12H23NO5.C11H22O5.C11H22O4.4C10H20O5/c1-6(15)13-8-10(17)9(16)7(5-14)18-11(8)12(2,3)4;1-11(2,3)7-9(14)8(13)6(5-12)16-10(7)15-4;1-6-8(13)9(14)7(5-12)15-10(6)11(2,3)4;3*1-10(2,3)9-8(14)7(13)6(12)5(4-11)15-9;1-10(2,3)4-5-6(11)7(12)8(13)9(14)15-5/h7-11,14,16-17H,5H2,1-4H3,(H,13,15);6-10,12-14H,5H2,1-4H3;6-10,12-14H,5H2,1-4H3;4*5-9,11-14H,4H2,1-3H3/t7?,8?,9-,10-,11-;2*6?,7?,8-,9-,10+;5?,6-,7+,8?,9+;5?,6-,7-,8?,9+;5?,6-,7-,8?,9-;5?,6-,7+,8?,9?/m1111001/s1. The minimum Gasteiger partial charge on any atom is -0.394 e. The van der Waals surface area contributed by atoms with Crippen LogP contribution >= 0.6 is 0 Å². The van der Waals surface area contributed by atoms with Gasteiger partial charge >= 0.3 is 0 Å². The maximum absolute atomic E-state index is 11.2. The van der Waals surface area contributed by atoms with E-state index >= 15 is 0 Å². The molecule has 7 heterocycles. The summed E-state index contributed by atoms with van der Waals surface area (Å²) in [4.78, 5) is 11.2. The zero-order valence-electron chi connectivity index (χ0n) is 68.5. The molecule has 109 heavy (non-hydrogen) atoms. The van der Waals surface area contributed by atoms with Crippen LogP contribution in [0.5, 0.6) is 0 Å². The predicted molar refractivity (Wildman–Crippen MR) is 392 cm³/mol. The van der Waals surface area contributed by atoms with Gasteiger partial charge in [0.05, 0.1) is 94.5 Å². The van der Waals surface area contributed by atoms with E-state index in [1.807, 2.05) is 152 Å². The van der Waals surface area contributed by atoms with Gasteiger partial charge in [-0.25, -0.2) is 0 Å². The lowest BCUT2D eigenvalue weighted by molar-refractivity contribution is -0.294. The molecule has 7 fully saturated rings. The first-order valence-electron chi connectivity index (χ1n) is 37.3. The third kappa shape index (κ3) is 29.6. The highest BCUT2D eigenvalue weighted by molar-refractivity contribution is 5.73. The Morgan fingerprint density at radius 3 is 0.835 bits per heavy atom. The molecule has 7 rings (SSSR count). The van der Waals surface area contributed by atoms with Gasteiger partial charge in [-0.1, -0.05) is 152 Å². The lowest BCUT2D eigenvalue weighted by Crippen LogP contribution is -2.66. The van der Waals surface area contributed by atoms with E-state index in [2.05, 4.69) is 5.32 Å². The fraction of sp³-hybridized carbons (Fsp3) is 0.986. The molecule has 35 atom stereocenters. The van der Waals surface area contributed by atoms with Crippen molar-refractivity contribution in [3.8, 4) is 0 Å². The summed E-state index contributed by atoms with van der Waals surface area (Å²) in [5.74, 6) is -0.773. The maximum Gasteiger partial charge on any atom is 0.217 e. The second-order valence-electron chi connectivity index (χ2n) is 37.3. The summed E-state index contributed by atoms with van der Waals surface area (Å²) in [6.45, 7) is 41.4. The van der Waals surface area contributed by atoms with Crippen molar-refractivity contribution in [2.24, 2.45) is 49.7 Å². The number of hydrogen-bond donors (Lipinski definition) is 26. The zero-order valence-corrected chi connectivity index (χ0v) is 68.5. The van der Waals surface area contributed by atoms with E-state index in [4.69, 9.17) is 68.5 Å². The van der Waals surface area contributed by atoms with Gasteiger partial charge in [-0.15, -0.1) is 0 Å². The van der Waals surface area contributed by atoms with Gasteiger partial charge in [-0.3, -0.25) is 4.79 Å². The molecule has 1 amide bonds. The molecule has 35 heteroatoms. The highest BCUT2D eigenvalue weighted by atomic mass is 16.7. The molecule has 35 nitrogen and oxygen atoms in total. The van der Waals surface area contributed by atoms with Gasteiger partial charge in [0.1, 0.15) is 134 Å². The van der Waals surface area contributed by atoms with E-state index in [-0.39, 0.29) is 101 Å². The first-order chi connectivity index (χ1) is 49.4. The second-order valence-corrected chi connectivity index (χ2v) is 37.3. The van der Waals surface area contributed by atoms with E-state index in [1.165, 1.54) is 14.0 Å². The molecule has 7 aliphatic heterocycles. The smallest absolute Gasteiger partial charge is 0.217 e. The fourth-order valence-corrected chi connectivity index (χ4v) is 13.9. The molecule has 26 N–H and O–H groups in total. The Morgan fingerprint density at radius 2 is 0.560 bits per heavy atom. The van der Waals surface area contributed by atoms with Gasteiger partial charge in [0, 0.05) is 25.9 Å². The molecule has 0 aromatic heterocycles. The monoisotopic (exact) mass is 1590 g/mol. The molecular formula is C74H147NO34. The third-order valence-electron chi connectivity index (χ3n) is 20.1. The van der Waals surface area contributed by atoms with Crippen molar-refractivity contribution in [3.63, 3.8) is 0 Å². The van der Waals surface area contributed by atoms with Crippen LogP contribution in [0.25, 0.3) is 0 Å². The lowest BCUT2D eigenvalue weighted by atomic mass is 9.73. The molecule has 15 unspecified atom stereocenters. The van der Waals surface area contributed by atoms with Crippen molar-refractivity contribution >= 4 is 5.91 Å². The van der Waals surface area contributed by atoms with Crippen LogP contribution in [0.4, 0.5) is 0 Å². The Balaban J connectivity index is 0.000000636. The van der Waals surface area contributed by atoms with Gasteiger partial charge in [0.25, 0.3) is 0 Å². The number of aliphatic hydroxyl groups is 25. The van der Waals surface area contributed by atoms with Crippen LogP contribution in [-0.2, 0) is 42.7 Å². The minimum absolute atomic E-state index is 0.0899. The lowest BCUT2D eigenvalue weighted by Gasteiger charge is -2.47. The fourth-order valence-electron chi connectivity index (χ4n) is 13.9. The summed E-state index contributed by atoms with van der Waals surface area (Å²) in [6, 6.07) is -0.694. The maximum atomic E-state index is 11.2. The number of amides is 1. The summed E-state index contributed by atoms with van der Waals surface area (Å²) < 4.78 is 43.1. The van der Waals surface area contributed by atoms with Crippen molar-refractivity contribution < 1.29 is 170 Å². The van der Waals surface area contributed by atoms with Crippen LogP contribution in [-0.4, -0.2) is 382 Å². The van der Waals surface area contributed by atoms with Gasteiger partial charge in [-0.2, -0.15) is 0 Å². The Hall–Kier alpha value is -1.85. The van der Waals surface area contributed by atoms with E-state index < -0.39 is 196 Å². The molecule has 0 aromatic carbocycles. The van der Waals surface area contributed by atoms with Crippen LogP contribution in [0.15, 0.2) is 0 Å². The summed E-state index contributed by atoms with van der Waals surface area (Å²) in [5, 5.41) is 240. The summed E-state index contributed by atoms with van der Waals surface area (Å²) in [6.07, 6.45) is -30.7. The van der Waals surface area contributed by atoms with Crippen molar-refractivity contribution in [3.05, 3.63) is 0 Å². The Kier molecular flexibility index (Phi) is 42.0. The number of hydrogen-bond acceptors (Lipinski definition) is 34. The molecular weight excluding hydrogens is 1450 g/mol. The van der Waals surface area contributed by atoms with E-state index in [9.17, 15) is 102 Å².